The fourth-order valence-electron chi connectivity index (χ4n) is 1.52. The summed E-state index contributed by atoms with van der Waals surface area (Å²) in [5.41, 5.74) is 2.03. The van der Waals surface area contributed by atoms with Crippen LogP contribution in [0.15, 0.2) is 40.9 Å². The predicted octanol–water partition coefficient (Wildman–Crippen LogP) is 5.94. The van der Waals surface area contributed by atoms with Gasteiger partial charge in [0, 0.05) is 10.9 Å². The van der Waals surface area contributed by atoms with Gasteiger partial charge in [0.2, 0.25) is 0 Å². The zero-order chi connectivity index (χ0) is 13.1. The third kappa shape index (κ3) is 3.19. The van der Waals surface area contributed by atoms with Gasteiger partial charge in [0.05, 0.1) is 4.47 Å². The summed E-state index contributed by atoms with van der Waals surface area (Å²) in [7, 11) is 0. The van der Waals surface area contributed by atoms with Crippen molar-refractivity contribution < 1.29 is 4.74 Å². The lowest BCUT2D eigenvalue weighted by Crippen LogP contribution is -1.88. The minimum absolute atomic E-state index is 0.485. The molecule has 0 saturated carbocycles. The van der Waals surface area contributed by atoms with Crippen LogP contribution in [0.3, 0.4) is 0 Å². The molecule has 0 fully saturated rings. The Morgan fingerprint density at radius 3 is 2.56 bits per heavy atom. The standard InChI is InChI=1S/C14H11BrCl2O/c1-9-6-11(3-4-13(9)17)18-14-5-2-10(8-16)7-12(14)15/h2-7H,8H2,1H3. The molecule has 1 nitrogen and oxygen atoms in total. The first-order valence-corrected chi connectivity index (χ1v) is 7.09. The number of rotatable bonds is 3. The summed E-state index contributed by atoms with van der Waals surface area (Å²) in [5, 5.41) is 0.735. The van der Waals surface area contributed by atoms with Crippen molar-refractivity contribution in [3.05, 3.63) is 57.0 Å². The smallest absolute Gasteiger partial charge is 0.141 e. The second-order valence-corrected chi connectivity index (χ2v) is 5.44. The molecule has 2 rings (SSSR count). The van der Waals surface area contributed by atoms with Crippen LogP contribution in [-0.2, 0) is 5.88 Å². The number of ether oxygens (including phenoxy) is 1. The molecule has 0 unspecified atom stereocenters. The van der Waals surface area contributed by atoms with E-state index < -0.39 is 0 Å². The van der Waals surface area contributed by atoms with Gasteiger partial charge in [-0.3, -0.25) is 0 Å². The van der Waals surface area contributed by atoms with Gasteiger partial charge < -0.3 is 4.74 Å². The van der Waals surface area contributed by atoms with E-state index in [1.165, 1.54) is 0 Å². The second-order valence-electron chi connectivity index (χ2n) is 3.91. The normalized spacial score (nSPS) is 10.4. The Bertz CT molecular complexity index is 570. The van der Waals surface area contributed by atoms with Gasteiger partial charge in [0.1, 0.15) is 11.5 Å². The van der Waals surface area contributed by atoms with Gasteiger partial charge in [-0.15, -0.1) is 11.6 Å². The molecular formula is C14H11BrCl2O. The third-order valence-corrected chi connectivity index (χ3v) is 3.86. The topological polar surface area (TPSA) is 9.23 Å². The number of alkyl halides is 1. The minimum atomic E-state index is 0.485. The van der Waals surface area contributed by atoms with Crippen molar-refractivity contribution in [1.82, 2.24) is 0 Å². The zero-order valence-corrected chi connectivity index (χ0v) is 12.8. The van der Waals surface area contributed by atoms with E-state index in [2.05, 4.69) is 15.9 Å². The quantitative estimate of drug-likeness (QED) is 0.625. The molecule has 0 aliphatic carbocycles. The molecule has 2 aromatic carbocycles. The molecule has 0 atom stereocenters. The maximum absolute atomic E-state index is 5.98. The van der Waals surface area contributed by atoms with E-state index in [0.717, 1.165) is 32.1 Å². The Balaban J connectivity index is 2.25. The summed E-state index contributed by atoms with van der Waals surface area (Å²) >= 11 is 15.2. The molecule has 4 heteroatoms. The summed E-state index contributed by atoms with van der Waals surface area (Å²) in [6.07, 6.45) is 0. The van der Waals surface area contributed by atoms with E-state index in [0.29, 0.717) is 5.88 Å². The van der Waals surface area contributed by atoms with Crippen LogP contribution in [0.4, 0.5) is 0 Å². The van der Waals surface area contributed by atoms with E-state index in [-0.39, 0.29) is 0 Å². The number of hydrogen-bond donors (Lipinski definition) is 0. The van der Waals surface area contributed by atoms with Crippen molar-refractivity contribution in [1.29, 1.82) is 0 Å². The molecule has 0 spiro atoms. The lowest BCUT2D eigenvalue weighted by atomic mass is 10.2. The van der Waals surface area contributed by atoms with E-state index in [4.69, 9.17) is 27.9 Å². The second kappa shape index (κ2) is 5.96. The number of halogens is 3. The highest BCUT2D eigenvalue weighted by Gasteiger charge is 2.05. The Labute approximate surface area is 125 Å². The van der Waals surface area contributed by atoms with Crippen LogP contribution in [0.25, 0.3) is 0 Å². The molecule has 0 N–H and O–H groups in total. The first-order chi connectivity index (χ1) is 8.60. The Morgan fingerprint density at radius 1 is 1.17 bits per heavy atom. The Hall–Kier alpha value is -0.700. The molecule has 94 valence electrons. The molecule has 18 heavy (non-hydrogen) atoms. The van der Waals surface area contributed by atoms with Crippen molar-refractivity contribution in [2.24, 2.45) is 0 Å². The molecule has 0 heterocycles. The van der Waals surface area contributed by atoms with Crippen LogP contribution in [-0.4, -0.2) is 0 Å². The van der Waals surface area contributed by atoms with E-state index >= 15 is 0 Å². The van der Waals surface area contributed by atoms with Crippen molar-refractivity contribution in [3.63, 3.8) is 0 Å². The monoisotopic (exact) mass is 344 g/mol. The van der Waals surface area contributed by atoms with E-state index in [1.54, 1.807) is 0 Å². The molecular weight excluding hydrogens is 335 g/mol. The summed E-state index contributed by atoms with van der Waals surface area (Å²) in [6.45, 7) is 1.95. The molecule has 2 aromatic rings. The number of aryl methyl sites for hydroxylation is 1. The van der Waals surface area contributed by atoms with Crippen LogP contribution < -0.4 is 4.74 Å². The summed E-state index contributed by atoms with van der Waals surface area (Å²) in [4.78, 5) is 0. The predicted molar refractivity (Wildman–Crippen MR) is 80.0 cm³/mol. The number of benzene rings is 2. The summed E-state index contributed by atoms with van der Waals surface area (Å²) in [6, 6.07) is 11.4. The molecule has 0 saturated heterocycles. The molecule has 0 radical (unpaired) electrons. The summed E-state index contributed by atoms with van der Waals surface area (Å²) in [5.74, 6) is 2.00. The van der Waals surface area contributed by atoms with Crippen LogP contribution >= 0.6 is 39.1 Å². The molecule has 0 aliphatic heterocycles. The van der Waals surface area contributed by atoms with Crippen LogP contribution in [0, 0.1) is 6.92 Å². The fourth-order valence-corrected chi connectivity index (χ4v) is 2.31. The molecule has 0 aliphatic rings. The van der Waals surface area contributed by atoms with Gasteiger partial charge in [-0.1, -0.05) is 17.7 Å². The lowest BCUT2D eigenvalue weighted by molar-refractivity contribution is 0.479. The Kier molecular flexibility index (Phi) is 4.55. The fraction of sp³-hybridized carbons (Fsp3) is 0.143. The Morgan fingerprint density at radius 2 is 1.94 bits per heavy atom. The van der Waals surface area contributed by atoms with Crippen LogP contribution in [0.1, 0.15) is 11.1 Å². The third-order valence-electron chi connectivity index (χ3n) is 2.51. The van der Waals surface area contributed by atoms with Crippen molar-refractivity contribution in [2.45, 2.75) is 12.8 Å². The average molecular weight is 346 g/mol. The number of hydrogen-bond acceptors (Lipinski definition) is 1. The van der Waals surface area contributed by atoms with E-state index in [1.807, 2.05) is 43.3 Å². The minimum Gasteiger partial charge on any atom is -0.456 e. The van der Waals surface area contributed by atoms with Gasteiger partial charge in [-0.2, -0.15) is 0 Å². The largest absolute Gasteiger partial charge is 0.456 e. The highest BCUT2D eigenvalue weighted by molar-refractivity contribution is 9.10. The highest BCUT2D eigenvalue weighted by atomic mass is 79.9. The maximum atomic E-state index is 5.98. The van der Waals surface area contributed by atoms with Crippen LogP contribution in [0.2, 0.25) is 5.02 Å². The average Bonchev–Trinajstić information content (AvgIpc) is 2.36. The van der Waals surface area contributed by atoms with Crippen molar-refractivity contribution >= 4 is 39.1 Å². The zero-order valence-electron chi connectivity index (χ0n) is 9.71. The summed E-state index contributed by atoms with van der Waals surface area (Å²) < 4.78 is 6.68. The van der Waals surface area contributed by atoms with Gasteiger partial charge in [0.25, 0.3) is 0 Å². The van der Waals surface area contributed by atoms with Gasteiger partial charge in [-0.05, 0) is 64.3 Å². The van der Waals surface area contributed by atoms with Gasteiger partial charge in [-0.25, -0.2) is 0 Å². The first kappa shape index (κ1) is 13.7. The maximum Gasteiger partial charge on any atom is 0.141 e. The van der Waals surface area contributed by atoms with E-state index in [9.17, 15) is 0 Å². The van der Waals surface area contributed by atoms with Crippen molar-refractivity contribution in [2.75, 3.05) is 0 Å². The molecule has 0 aromatic heterocycles. The van der Waals surface area contributed by atoms with Gasteiger partial charge in [0.15, 0.2) is 0 Å². The van der Waals surface area contributed by atoms with Crippen LogP contribution in [0.5, 0.6) is 11.5 Å². The SMILES string of the molecule is Cc1cc(Oc2ccc(CCl)cc2Br)ccc1Cl. The van der Waals surface area contributed by atoms with Gasteiger partial charge >= 0.3 is 0 Å². The first-order valence-electron chi connectivity index (χ1n) is 5.38. The van der Waals surface area contributed by atoms with Crippen molar-refractivity contribution in [3.8, 4) is 11.5 Å². The molecule has 0 amide bonds. The highest BCUT2D eigenvalue weighted by Crippen LogP contribution is 2.32. The lowest BCUT2D eigenvalue weighted by Gasteiger charge is -2.09. The molecule has 0 bridgehead atoms.